The zero-order valence-electron chi connectivity index (χ0n) is 69.1. The summed E-state index contributed by atoms with van der Waals surface area (Å²) in [6.07, 6.45) is 0. The first-order valence-corrected chi connectivity index (χ1v) is 47.0. The second kappa shape index (κ2) is 33.6. The fraction of sp³-hybridized carbons (Fsp3) is 0.00909. The van der Waals surface area contributed by atoms with Gasteiger partial charge in [-0.25, -0.2) is 66.8 Å². The summed E-state index contributed by atoms with van der Waals surface area (Å²) in [7, 11) is -9.23. The van der Waals surface area contributed by atoms with Crippen LogP contribution in [0.2, 0.25) is 0 Å². The van der Waals surface area contributed by atoms with Crippen molar-refractivity contribution in [2.24, 2.45) is 0 Å². The van der Waals surface area contributed by atoms with Crippen molar-refractivity contribution in [1.82, 2.24) is 44.9 Å². The lowest BCUT2D eigenvalue weighted by atomic mass is 10.0. The molecule has 0 amide bonds. The van der Waals surface area contributed by atoms with Gasteiger partial charge in [0.2, 0.25) is 0 Å². The Balaban J connectivity index is 0.000000118. The quantitative estimate of drug-likeness (QED) is 0.0793. The lowest BCUT2D eigenvalue weighted by Crippen LogP contribution is -2.21. The maximum atomic E-state index is 15.4. The highest BCUT2D eigenvalue weighted by Gasteiger charge is 2.43. The molecule has 17 aromatic carbocycles. The molecule has 0 atom stereocenters. The van der Waals surface area contributed by atoms with E-state index in [1.165, 1.54) is 60.7 Å². The number of rotatable bonds is 13. The van der Waals surface area contributed by atoms with Crippen LogP contribution in [0.1, 0.15) is 5.56 Å². The van der Waals surface area contributed by atoms with Gasteiger partial charge in [-0.15, -0.1) is 0 Å². The fourth-order valence-corrected chi connectivity index (χ4v) is 26.6. The highest BCUT2D eigenvalue weighted by atomic mass is 31.2. The van der Waals surface area contributed by atoms with Gasteiger partial charge in [-0.05, 0) is 196 Å². The van der Waals surface area contributed by atoms with Gasteiger partial charge in [-0.3, -0.25) is 0 Å². The van der Waals surface area contributed by atoms with E-state index < -0.39 is 21.4 Å². The highest BCUT2D eigenvalue weighted by Crippen LogP contribution is 2.56. The monoisotopic (exact) mass is 1750 g/mol. The molecular formula is C110H69F5N9O3P3. The molecule has 20 aromatic rings. The summed E-state index contributed by atoms with van der Waals surface area (Å²) >= 11 is 0. The Kier molecular flexibility index (Phi) is 21.1. The Bertz CT molecular complexity index is 7660. The van der Waals surface area contributed by atoms with Crippen LogP contribution in [0.25, 0.3) is 158 Å². The Morgan fingerprint density at radius 3 is 0.646 bits per heavy atom. The summed E-state index contributed by atoms with van der Waals surface area (Å²) in [5, 5.41) is 9.25. The van der Waals surface area contributed by atoms with Crippen LogP contribution in [-0.2, 0) is 13.7 Å². The first-order valence-electron chi connectivity index (χ1n) is 41.9. The molecule has 20 heteroatoms. The standard InChI is InChI=1S/C39H24F2N3OP.C38H25FN3OP.C33H20F2N3OP/c40-30-19-13-28(14-20-30)38-42-37(43-39(44-38)29-15-21-31(41)22-16-29)27-11-9-25(10-12-27)26-17-23-32(24-18-26)46(45)35-7-3-1-5-33(35)34-6-2-4-8-36(34)46;1-24-14-16-25(17-15-24)36-40-37(26-18-20-27(39)21-19-26)42-38(41-36)32-22-23-35(29-9-3-2-8-28(29)32)44(43)33-12-6-4-10-30(33)31-11-5-7-13-34(31)44;34-24-15-9-21(10-16-24)31-36-32(22-11-17-25(35)18-12-22)38-33(37-31)23-13-19-26(20-14-23)40(39)29-7-3-1-5-27(29)28-6-2-4-8-30(28)40/h1-24H;2-23H,1H3;1-20H. The molecule has 0 fully saturated rings. The molecule has 130 heavy (non-hydrogen) atoms. The molecule has 0 unspecified atom stereocenters. The number of hydrogen-bond acceptors (Lipinski definition) is 12. The molecule has 0 N–H and O–H groups in total. The van der Waals surface area contributed by atoms with Gasteiger partial charge in [0.25, 0.3) is 0 Å². The van der Waals surface area contributed by atoms with E-state index in [-0.39, 0.29) is 29.1 Å². The van der Waals surface area contributed by atoms with Gasteiger partial charge in [0.15, 0.2) is 73.8 Å². The van der Waals surface area contributed by atoms with Gasteiger partial charge in [0, 0.05) is 97.8 Å². The molecule has 0 saturated heterocycles. The number of aromatic nitrogens is 9. The lowest BCUT2D eigenvalue weighted by Gasteiger charge is -2.19. The van der Waals surface area contributed by atoms with Crippen LogP contribution < -0.4 is 47.7 Å². The van der Waals surface area contributed by atoms with E-state index in [0.29, 0.717) is 85.8 Å². The van der Waals surface area contributed by atoms with Crippen molar-refractivity contribution in [2.75, 3.05) is 0 Å². The van der Waals surface area contributed by atoms with E-state index in [1.54, 1.807) is 60.7 Å². The second-order valence-corrected chi connectivity index (χ2v) is 39.7. The summed E-state index contributed by atoms with van der Waals surface area (Å²) in [6, 6.07) is 121. The SMILES string of the molecule is Cc1ccc(-c2nc(-c3ccc(F)cc3)nc(-c3ccc(P4(=O)c5ccccc5-c5ccccc54)c4ccccc34)n2)cc1.O=P1(c2ccc(-c3ccc(-c4nc(-c5ccc(F)cc5)nc(-c5ccc(F)cc5)n4)cc3)cc2)c2ccccc2-c2ccccc21.O=P1(c2ccc(-c3nc(-c4ccc(F)cc4)nc(-c4ccc(F)cc4)n3)cc2)c2ccccc2-c2ccccc21. The number of aryl methyl sites for hydroxylation is 1. The normalized spacial score (nSPS) is 13.0. The second-order valence-electron chi connectivity index (χ2n) is 31.6. The average Bonchev–Trinajstić information content (AvgIpc) is 1.50. The first-order chi connectivity index (χ1) is 63.5. The third-order valence-electron chi connectivity index (χ3n) is 23.7. The van der Waals surface area contributed by atoms with Crippen LogP contribution in [0.5, 0.6) is 0 Å². The van der Waals surface area contributed by atoms with Crippen molar-refractivity contribution < 1.29 is 35.6 Å². The Labute approximate surface area is 744 Å². The molecule has 0 bridgehead atoms. The molecule has 3 aromatic heterocycles. The molecule has 6 heterocycles. The zero-order chi connectivity index (χ0) is 88.4. The third-order valence-corrected chi connectivity index (χ3v) is 33.3. The van der Waals surface area contributed by atoms with Crippen LogP contribution in [0.15, 0.2) is 400 Å². The Morgan fingerprint density at radius 1 is 0.169 bits per heavy atom. The molecule has 12 nitrogen and oxygen atoms in total. The predicted molar refractivity (Wildman–Crippen MR) is 511 cm³/mol. The van der Waals surface area contributed by atoms with Crippen molar-refractivity contribution in [1.29, 1.82) is 0 Å². The van der Waals surface area contributed by atoms with Crippen molar-refractivity contribution in [3.05, 3.63) is 435 Å². The predicted octanol–water partition coefficient (Wildman–Crippen LogP) is 23.3. The Hall–Kier alpha value is -15.6. The molecule has 0 spiro atoms. The smallest absolute Gasteiger partial charge is 0.172 e. The molecular weight excluding hydrogens is 1680 g/mol. The van der Waals surface area contributed by atoms with Gasteiger partial charge >= 0.3 is 0 Å². The molecule has 3 aliphatic rings. The number of hydrogen-bond donors (Lipinski definition) is 0. The van der Waals surface area contributed by atoms with Crippen LogP contribution >= 0.6 is 21.4 Å². The maximum Gasteiger partial charge on any atom is 0.172 e. The minimum Gasteiger partial charge on any atom is -0.309 e. The number of benzene rings is 17. The van der Waals surface area contributed by atoms with Crippen LogP contribution in [-0.4, -0.2) is 44.9 Å². The van der Waals surface area contributed by atoms with E-state index in [9.17, 15) is 31.1 Å². The van der Waals surface area contributed by atoms with Crippen molar-refractivity contribution >= 4 is 79.9 Å². The zero-order valence-corrected chi connectivity index (χ0v) is 71.8. The summed E-state index contributed by atoms with van der Waals surface area (Å²) in [5.74, 6) is 2.02. The molecule has 622 valence electrons. The molecule has 0 saturated carbocycles. The largest absolute Gasteiger partial charge is 0.309 e. The van der Waals surface area contributed by atoms with Gasteiger partial charge in [-0.1, -0.05) is 272 Å². The lowest BCUT2D eigenvalue weighted by molar-refractivity contribution is 0.592. The minimum atomic E-state index is -3.17. The van der Waals surface area contributed by atoms with E-state index in [1.807, 2.05) is 274 Å². The van der Waals surface area contributed by atoms with Crippen LogP contribution in [0.3, 0.4) is 0 Å². The number of nitrogens with zero attached hydrogens (tertiary/aromatic N) is 9. The van der Waals surface area contributed by atoms with Gasteiger partial charge in [-0.2, -0.15) is 0 Å². The van der Waals surface area contributed by atoms with Gasteiger partial charge in [0.05, 0.1) is 0 Å². The maximum absolute atomic E-state index is 15.4. The van der Waals surface area contributed by atoms with Crippen LogP contribution in [0, 0.1) is 36.0 Å². The average molecular weight is 1750 g/mol. The third kappa shape index (κ3) is 14.8. The van der Waals surface area contributed by atoms with Crippen molar-refractivity contribution in [2.45, 2.75) is 6.92 Å². The summed E-state index contributed by atoms with van der Waals surface area (Å²) in [6.45, 7) is 2.03. The number of fused-ring (bicyclic) bond motifs is 10. The first kappa shape index (κ1) is 81.4. The minimum absolute atomic E-state index is 0.326. The Morgan fingerprint density at radius 2 is 0.369 bits per heavy atom. The van der Waals surface area contributed by atoms with E-state index in [4.69, 9.17) is 24.9 Å². The van der Waals surface area contributed by atoms with E-state index in [2.05, 4.69) is 32.1 Å². The summed E-state index contributed by atoms with van der Waals surface area (Å²) in [4.78, 5) is 42.6. The van der Waals surface area contributed by atoms with Crippen molar-refractivity contribution in [3.8, 4) is 147 Å². The van der Waals surface area contributed by atoms with Crippen molar-refractivity contribution in [3.63, 3.8) is 0 Å². The van der Waals surface area contributed by atoms with Crippen LogP contribution in [0.4, 0.5) is 22.0 Å². The topological polar surface area (TPSA) is 167 Å². The fourth-order valence-electron chi connectivity index (χ4n) is 17.3. The van der Waals surface area contributed by atoms with E-state index in [0.717, 1.165) is 125 Å². The van der Waals surface area contributed by atoms with Gasteiger partial charge < -0.3 is 13.7 Å². The summed E-state index contributed by atoms with van der Waals surface area (Å²) in [5.41, 5.74) is 15.5. The van der Waals surface area contributed by atoms with Gasteiger partial charge in [0.1, 0.15) is 29.1 Å². The van der Waals surface area contributed by atoms with E-state index >= 15 is 4.57 Å². The molecule has 0 aliphatic carbocycles. The molecule has 3 aliphatic heterocycles. The summed E-state index contributed by atoms with van der Waals surface area (Å²) < 4.78 is 113. The molecule has 23 rings (SSSR count). The molecule has 0 radical (unpaired) electrons. The number of halogens is 5. The highest BCUT2D eigenvalue weighted by molar-refractivity contribution is 7.87.